The molecule has 0 spiro atoms. The first kappa shape index (κ1) is 22.7. The third-order valence-electron chi connectivity index (χ3n) is 5.88. The van der Waals surface area contributed by atoms with E-state index in [-0.39, 0.29) is 25.0 Å². The number of nitrogens with one attached hydrogen (secondary N) is 1. The zero-order valence-corrected chi connectivity index (χ0v) is 18.9. The Balaban J connectivity index is 1.67. The van der Waals surface area contributed by atoms with Crippen LogP contribution in [0.5, 0.6) is 0 Å². The highest BCUT2D eigenvalue weighted by Crippen LogP contribution is 2.30. The predicted octanol–water partition coefficient (Wildman–Crippen LogP) is 3.73. The average Bonchev–Trinajstić information content (AvgIpc) is 2.88. The summed E-state index contributed by atoms with van der Waals surface area (Å²) < 4.78 is 6.21. The quantitative estimate of drug-likeness (QED) is 0.604. The first-order valence-corrected chi connectivity index (χ1v) is 11.4. The first-order valence-electron chi connectivity index (χ1n) is 11.4. The van der Waals surface area contributed by atoms with E-state index in [0.29, 0.717) is 25.2 Å². The van der Waals surface area contributed by atoms with Gasteiger partial charge in [0, 0.05) is 25.7 Å². The molecule has 2 heterocycles. The molecular weight excluding hydrogens is 414 g/mol. The molecule has 0 unspecified atom stereocenters. The summed E-state index contributed by atoms with van der Waals surface area (Å²) in [6.45, 7) is 3.43. The number of carbonyl (C=O) groups excluding carboxylic acids is 2. The number of morpholine rings is 1. The molecule has 33 heavy (non-hydrogen) atoms. The lowest BCUT2D eigenvalue weighted by atomic mass is 9.87. The van der Waals surface area contributed by atoms with Gasteiger partial charge in [-0.25, -0.2) is 0 Å². The molecule has 1 fully saturated rings. The lowest BCUT2D eigenvalue weighted by Gasteiger charge is -2.42. The summed E-state index contributed by atoms with van der Waals surface area (Å²) >= 11 is 0. The molecule has 1 N–H and O–H groups in total. The summed E-state index contributed by atoms with van der Waals surface area (Å²) in [5.41, 5.74) is 2.32. The Morgan fingerprint density at radius 2 is 1.79 bits per heavy atom. The monoisotopic (exact) mass is 443 g/mol. The van der Waals surface area contributed by atoms with Crippen molar-refractivity contribution >= 4 is 11.8 Å². The van der Waals surface area contributed by atoms with Crippen molar-refractivity contribution in [1.29, 1.82) is 0 Å². The zero-order chi connectivity index (χ0) is 23.1. The molecule has 0 radical (unpaired) electrons. The molecule has 1 aliphatic heterocycles. The Morgan fingerprint density at radius 1 is 1.03 bits per heavy atom. The number of aromatic nitrogens is 1. The van der Waals surface area contributed by atoms with Crippen molar-refractivity contribution in [1.82, 2.24) is 15.2 Å². The van der Waals surface area contributed by atoms with Crippen LogP contribution in [0.3, 0.4) is 0 Å². The van der Waals surface area contributed by atoms with Crippen molar-refractivity contribution < 1.29 is 14.3 Å². The first-order chi connectivity index (χ1) is 16.1. The Bertz CT molecular complexity index is 1090. The molecule has 4 rings (SSSR count). The van der Waals surface area contributed by atoms with E-state index in [4.69, 9.17) is 4.74 Å². The third-order valence-corrected chi connectivity index (χ3v) is 5.88. The molecule has 1 aliphatic rings. The maximum atomic E-state index is 13.4. The number of carbonyl (C=O) groups is 2. The van der Waals surface area contributed by atoms with Crippen molar-refractivity contribution in [2.24, 2.45) is 0 Å². The molecule has 6 heteroatoms. The van der Waals surface area contributed by atoms with E-state index in [0.717, 1.165) is 23.1 Å². The summed E-state index contributed by atoms with van der Waals surface area (Å²) in [6, 6.07) is 23.4. The molecule has 0 aliphatic carbocycles. The Labute approximate surface area is 194 Å². The smallest absolute Gasteiger partial charge is 0.272 e. The molecule has 6 nitrogen and oxygen atoms in total. The fourth-order valence-electron chi connectivity index (χ4n) is 4.21. The van der Waals surface area contributed by atoms with Crippen LogP contribution in [0.25, 0.3) is 11.1 Å². The number of ether oxygens (including phenoxy) is 1. The van der Waals surface area contributed by atoms with Gasteiger partial charge >= 0.3 is 0 Å². The molecule has 3 aromatic rings. The molecule has 1 saturated heterocycles. The van der Waals surface area contributed by atoms with Gasteiger partial charge in [0.15, 0.2) is 5.60 Å². The molecule has 170 valence electrons. The SMILES string of the molecule is CCCNC(=O)[C@@]1(Cc2ccccc2-c2ccccc2)CN(C(=O)c2ccccn2)CCO1. The summed E-state index contributed by atoms with van der Waals surface area (Å²) in [5, 5.41) is 3.00. The Hall–Kier alpha value is -3.51. The average molecular weight is 444 g/mol. The molecule has 1 atom stereocenters. The Kier molecular flexibility index (Phi) is 7.15. The van der Waals surface area contributed by atoms with Crippen LogP contribution in [0.15, 0.2) is 79.0 Å². The topological polar surface area (TPSA) is 71.5 Å². The van der Waals surface area contributed by atoms with E-state index >= 15 is 0 Å². The minimum Gasteiger partial charge on any atom is -0.361 e. The van der Waals surface area contributed by atoms with Gasteiger partial charge in [-0.15, -0.1) is 0 Å². The number of nitrogens with zero attached hydrogens (tertiary/aromatic N) is 2. The van der Waals surface area contributed by atoms with E-state index in [1.807, 2.05) is 43.3 Å². The van der Waals surface area contributed by atoms with Crippen LogP contribution in [0, 0.1) is 0 Å². The fraction of sp³-hybridized carbons (Fsp3) is 0.296. The number of hydrogen-bond donors (Lipinski definition) is 1. The second-order valence-corrected chi connectivity index (χ2v) is 8.24. The number of amides is 2. The maximum absolute atomic E-state index is 13.4. The van der Waals surface area contributed by atoms with E-state index in [1.54, 1.807) is 29.3 Å². The number of benzene rings is 2. The normalized spacial score (nSPS) is 18.0. The van der Waals surface area contributed by atoms with Crippen molar-refractivity contribution in [2.45, 2.75) is 25.4 Å². The standard InChI is InChI=1S/C27H29N3O3/c1-2-15-29-26(32)27(19-22-12-6-7-13-23(22)21-10-4-3-5-11-21)20-30(17-18-33-27)25(31)24-14-8-9-16-28-24/h3-14,16H,2,15,17-20H2,1H3,(H,29,32)/t27-/m1/s1. The van der Waals surface area contributed by atoms with Crippen LogP contribution in [-0.2, 0) is 16.0 Å². The molecular formula is C27H29N3O3. The summed E-state index contributed by atoms with van der Waals surface area (Å²) in [5.74, 6) is -0.381. The second-order valence-electron chi connectivity index (χ2n) is 8.24. The van der Waals surface area contributed by atoms with Crippen molar-refractivity contribution in [2.75, 3.05) is 26.2 Å². The van der Waals surface area contributed by atoms with Crippen LogP contribution < -0.4 is 5.32 Å². The summed E-state index contributed by atoms with van der Waals surface area (Å²) in [6.07, 6.45) is 2.78. The van der Waals surface area contributed by atoms with Gasteiger partial charge in [-0.3, -0.25) is 14.6 Å². The van der Waals surface area contributed by atoms with E-state index in [9.17, 15) is 9.59 Å². The number of pyridine rings is 1. The lowest BCUT2D eigenvalue weighted by molar-refractivity contribution is -0.157. The molecule has 0 saturated carbocycles. The van der Waals surface area contributed by atoms with Crippen LogP contribution in [0.1, 0.15) is 29.4 Å². The van der Waals surface area contributed by atoms with Gasteiger partial charge in [-0.2, -0.15) is 0 Å². The van der Waals surface area contributed by atoms with Gasteiger partial charge in [0.1, 0.15) is 5.69 Å². The predicted molar refractivity (Wildman–Crippen MR) is 128 cm³/mol. The molecule has 1 aromatic heterocycles. The highest BCUT2D eigenvalue weighted by atomic mass is 16.5. The number of hydrogen-bond acceptors (Lipinski definition) is 4. The van der Waals surface area contributed by atoms with Gasteiger partial charge in [-0.1, -0.05) is 67.6 Å². The van der Waals surface area contributed by atoms with E-state index in [2.05, 4.69) is 28.5 Å². The van der Waals surface area contributed by atoms with Gasteiger partial charge in [0.25, 0.3) is 11.8 Å². The van der Waals surface area contributed by atoms with E-state index in [1.165, 1.54) is 0 Å². The third kappa shape index (κ3) is 5.12. The minimum absolute atomic E-state index is 0.168. The van der Waals surface area contributed by atoms with E-state index < -0.39 is 5.60 Å². The second kappa shape index (κ2) is 10.4. The fourth-order valence-corrected chi connectivity index (χ4v) is 4.21. The Morgan fingerprint density at radius 3 is 2.55 bits per heavy atom. The number of rotatable bonds is 7. The van der Waals surface area contributed by atoms with Gasteiger partial charge < -0.3 is 15.0 Å². The zero-order valence-electron chi connectivity index (χ0n) is 18.9. The van der Waals surface area contributed by atoms with Gasteiger partial charge in [0.2, 0.25) is 0 Å². The van der Waals surface area contributed by atoms with Crippen molar-refractivity contribution in [3.05, 3.63) is 90.3 Å². The highest BCUT2D eigenvalue weighted by Gasteiger charge is 2.45. The van der Waals surface area contributed by atoms with Gasteiger partial charge in [-0.05, 0) is 35.2 Å². The van der Waals surface area contributed by atoms with Crippen molar-refractivity contribution in [3.63, 3.8) is 0 Å². The van der Waals surface area contributed by atoms with Crippen LogP contribution >= 0.6 is 0 Å². The largest absolute Gasteiger partial charge is 0.361 e. The van der Waals surface area contributed by atoms with Crippen LogP contribution in [0.2, 0.25) is 0 Å². The van der Waals surface area contributed by atoms with Crippen LogP contribution in [-0.4, -0.2) is 53.5 Å². The van der Waals surface area contributed by atoms with Crippen molar-refractivity contribution in [3.8, 4) is 11.1 Å². The molecule has 2 aromatic carbocycles. The maximum Gasteiger partial charge on any atom is 0.272 e. The lowest BCUT2D eigenvalue weighted by Crippen LogP contribution is -2.62. The molecule has 0 bridgehead atoms. The van der Waals surface area contributed by atoms with Crippen LogP contribution in [0.4, 0.5) is 0 Å². The summed E-state index contributed by atoms with van der Waals surface area (Å²) in [7, 11) is 0. The highest BCUT2D eigenvalue weighted by molar-refractivity contribution is 5.94. The van der Waals surface area contributed by atoms with Gasteiger partial charge in [0.05, 0.1) is 13.2 Å². The molecule has 2 amide bonds. The summed E-state index contributed by atoms with van der Waals surface area (Å²) in [4.78, 5) is 32.5. The minimum atomic E-state index is -1.18.